The van der Waals surface area contributed by atoms with Crippen molar-refractivity contribution >= 4 is 11.9 Å². The van der Waals surface area contributed by atoms with Crippen LogP contribution in [0.15, 0.2) is 24.3 Å². The summed E-state index contributed by atoms with van der Waals surface area (Å²) in [7, 11) is 1.65. The Morgan fingerprint density at radius 3 is 2.71 bits per heavy atom. The van der Waals surface area contributed by atoms with Gasteiger partial charge in [-0.15, -0.1) is 0 Å². The molecule has 2 rings (SSSR count). The van der Waals surface area contributed by atoms with Crippen molar-refractivity contribution in [3.63, 3.8) is 0 Å². The third kappa shape index (κ3) is 4.49. The van der Waals surface area contributed by atoms with E-state index in [2.05, 4.69) is 0 Å². The molecular weight excluding hydrogens is 306 g/mol. The first kappa shape index (κ1) is 18.3. The number of carboxylic acids is 1. The van der Waals surface area contributed by atoms with Crippen LogP contribution in [0.2, 0.25) is 0 Å². The fourth-order valence-corrected chi connectivity index (χ4v) is 3.39. The molecule has 0 radical (unpaired) electrons. The number of carboxylic acid groups (broad SMARTS) is 1. The molecule has 1 heterocycles. The van der Waals surface area contributed by atoms with E-state index < -0.39 is 11.9 Å². The van der Waals surface area contributed by atoms with Crippen LogP contribution in [-0.2, 0) is 16.0 Å². The number of carbonyl (C=O) groups is 2. The number of carbonyl (C=O) groups excluding carboxylic acids is 1. The maximum atomic E-state index is 12.6. The monoisotopic (exact) mass is 333 g/mol. The van der Waals surface area contributed by atoms with Gasteiger partial charge in [0.1, 0.15) is 5.75 Å². The number of piperidine rings is 1. The summed E-state index contributed by atoms with van der Waals surface area (Å²) >= 11 is 0. The lowest BCUT2D eigenvalue weighted by molar-refractivity contribution is -0.147. The van der Waals surface area contributed by atoms with Gasteiger partial charge in [-0.1, -0.05) is 25.1 Å². The van der Waals surface area contributed by atoms with Crippen LogP contribution < -0.4 is 4.74 Å². The highest BCUT2D eigenvalue weighted by Gasteiger charge is 2.32. The van der Waals surface area contributed by atoms with E-state index in [9.17, 15) is 14.7 Å². The molecule has 1 aliphatic rings. The maximum absolute atomic E-state index is 12.6. The van der Waals surface area contributed by atoms with Crippen molar-refractivity contribution in [3.05, 3.63) is 29.8 Å². The minimum atomic E-state index is -0.804. The lowest BCUT2D eigenvalue weighted by atomic mass is 9.91. The molecular formula is C19H27NO4. The Hall–Kier alpha value is -2.04. The van der Waals surface area contributed by atoms with Gasteiger partial charge in [0.25, 0.3) is 0 Å². The molecule has 1 fully saturated rings. The molecule has 3 unspecified atom stereocenters. The van der Waals surface area contributed by atoms with Crippen LogP contribution in [-0.4, -0.2) is 41.6 Å². The summed E-state index contributed by atoms with van der Waals surface area (Å²) in [4.78, 5) is 25.6. The third-order valence-electron chi connectivity index (χ3n) is 4.84. The molecule has 0 saturated carbocycles. The molecule has 1 amide bonds. The van der Waals surface area contributed by atoms with Crippen LogP contribution in [0.5, 0.6) is 5.75 Å². The van der Waals surface area contributed by atoms with E-state index >= 15 is 0 Å². The third-order valence-corrected chi connectivity index (χ3v) is 4.84. The molecule has 1 aromatic rings. The van der Waals surface area contributed by atoms with Crippen LogP contribution >= 0.6 is 0 Å². The van der Waals surface area contributed by atoms with E-state index in [-0.39, 0.29) is 17.9 Å². The summed E-state index contributed by atoms with van der Waals surface area (Å²) in [6.45, 7) is 4.38. The maximum Gasteiger partial charge on any atom is 0.308 e. The van der Waals surface area contributed by atoms with Crippen LogP contribution in [0.25, 0.3) is 0 Å². The zero-order chi connectivity index (χ0) is 17.7. The molecule has 0 spiro atoms. The van der Waals surface area contributed by atoms with Gasteiger partial charge in [0, 0.05) is 19.0 Å². The van der Waals surface area contributed by atoms with Gasteiger partial charge in [-0.05, 0) is 43.7 Å². The summed E-state index contributed by atoms with van der Waals surface area (Å²) in [5.41, 5.74) is 1.09. The van der Waals surface area contributed by atoms with Crippen molar-refractivity contribution in [2.24, 2.45) is 11.8 Å². The highest BCUT2D eigenvalue weighted by atomic mass is 16.5. The van der Waals surface area contributed by atoms with Gasteiger partial charge in [0.05, 0.1) is 13.0 Å². The average molecular weight is 333 g/mol. The highest BCUT2D eigenvalue weighted by molar-refractivity contribution is 5.78. The summed E-state index contributed by atoms with van der Waals surface area (Å²) in [6.07, 6.45) is 2.59. The Morgan fingerprint density at radius 1 is 1.33 bits per heavy atom. The normalized spacial score (nSPS) is 22.0. The van der Waals surface area contributed by atoms with Crippen molar-refractivity contribution < 1.29 is 19.4 Å². The second kappa shape index (κ2) is 8.18. The largest absolute Gasteiger partial charge is 0.496 e. The molecule has 1 aromatic carbocycles. The van der Waals surface area contributed by atoms with Crippen molar-refractivity contribution in [2.75, 3.05) is 13.7 Å². The number of hydrogen-bond acceptors (Lipinski definition) is 3. The lowest BCUT2D eigenvalue weighted by Gasteiger charge is -2.37. The first-order valence-electron chi connectivity index (χ1n) is 8.56. The second-order valence-corrected chi connectivity index (χ2v) is 6.83. The Labute approximate surface area is 143 Å². The average Bonchev–Trinajstić information content (AvgIpc) is 2.55. The number of benzene rings is 1. The zero-order valence-electron chi connectivity index (χ0n) is 14.7. The summed E-state index contributed by atoms with van der Waals surface area (Å²) in [5.74, 6) is -0.174. The Bertz CT molecular complexity index is 586. The van der Waals surface area contributed by atoms with Gasteiger partial charge < -0.3 is 14.7 Å². The fraction of sp³-hybridized carbons (Fsp3) is 0.579. The molecule has 5 nitrogen and oxygen atoms in total. The molecule has 1 aliphatic heterocycles. The van der Waals surface area contributed by atoms with Gasteiger partial charge in [0.15, 0.2) is 0 Å². The quantitative estimate of drug-likeness (QED) is 0.869. The Balaban J connectivity index is 1.96. The molecule has 5 heteroatoms. The number of ether oxygens (including phenoxy) is 1. The molecule has 1 saturated heterocycles. The first-order valence-corrected chi connectivity index (χ1v) is 8.56. The van der Waals surface area contributed by atoms with Crippen LogP contribution in [0.4, 0.5) is 0 Å². The van der Waals surface area contributed by atoms with Crippen LogP contribution in [0, 0.1) is 11.8 Å². The number of amides is 1. The topological polar surface area (TPSA) is 66.8 Å². The van der Waals surface area contributed by atoms with E-state index in [0.29, 0.717) is 19.4 Å². The molecule has 132 valence electrons. The summed E-state index contributed by atoms with van der Waals surface area (Å²) in [5, 5.41) is 9.21. The molecule has 0 aliphatic carbocycles. The summed E-state index contributed by atoms with van der Waals surface area (Å²) < 4.78 is 5.36. The molecule has 0 aromatic heterocycles. The Kier molecular flexibility index (Phi) is 6.23. The summed E-state index contributed by atoms with van der Waals surface area (Å²) in [6, 6.07) is 7.96. The number of hydrogen-bond donors (Lipinski definition) is 1. The molecule has 3 atom stereocenters. The van der Waals surface area contributed by atoms with E-state index in [1.165, 1.54) is 0 Å². The first-order chi connectivity index (χ1) is 11.4. The number of methoxy groups -OCH3 is 1. The van der Waals surface area contributed by atoms with Crippen molar-refractivity contribution in [2.45, 2.75) is 45.6 Å². The van der Waals surface area contributed by atoms with Crippen molar-refractivity contribution in [3.8, 4) is 5.75 Å². The van der Waals surface area contributed by atoms with E-state index in [1.54, 1.807) is 12.0 Å². The fourth-order valence-electron chi connectivity index (χ4n) is 3.39. The van der Waals surface area contributed by atoms with E-state index in [4.69, 9.17) is 4.74 Å². The molecule has 24 heavy (non-hydrogen) atoms. The molecule has 1 N–H and O–H groups in total. The van der Waals surface area contributed by atoms with Crippen LogP contribution in [0.1, 0.15) is 38.7 Å². The molecule has 0 bridgehead atoms. The number of aliphatic carboxylic acids is 1. The predicted molar refractivity (Wildman–Crippen MR) is 92.0 cm³/mol. The standard InChI is InChI=1S/C19H27NO4/c1-13(10-15-6-4-5-7-17(15)24-3)11-18(21)20-12-16(19(22)23)9-8-14(20)2/h4-7,13-14,16H,8-12H2,1-3H3,(H,22,23). The second-order valence-electron chi connectivity index (χ2n) is 6.83. The number of para-hydroxylation sites is 1. The number of likely N-dealkylation sites (tertiary alicyclic amines) is 1. The highest BCUT2D eigenvalue weighted by Crippen LogP contribution is 2.26. The van der Waals surface area contributed by atoms with Gasteiger partial charge >= 0.3 is 5.97 Å². The number of rotatable bonds is 6. The van der Waals surface area contributed by atoms with Crippen molar-refractivity contribution in [1.82, 2.24) is 4.90 Å². The lowest BCUT2D eigenvalue weighted by Crippen LogP contribution is -2.47. The van der Waals surface area contributed by atoms with Gasteiger partial charge in [-0.2, -0.15) is 0 Å². The SMILES string of the molecule is COc1ccccc1CC(C)CC(=O)N1CC(C(=O)O)CCC1C. The van der Waals surface area contributed by atoms with E-state index in [1.807, 2.05) is 38.1 Å². The minimum absolute atomic E-state index is 0.0517. The smallest absolute Gasteiger partial charge is 0.308 e. The van der Waals surface area contributed by atoms with E-state index in [0.717, 1.165) is 24.2 Å². The van der Waals surface area contributed by atoms with Gasteiger partial charge in [-0.3, -0.25) is 9.59 Å². The van der Waals surface area contributed by atoms with Crippen LogP contribution in [0.3, 0.4) is 0 Å². The Morgan fingerprint density at radius 2 is 2.04 bits per heavy atom. The van der Waals surface area contributed by atoms with Gasteiger partial charge in [0.2, 0.25) is 5.91 Å². The van der Waals surface area contributed by atoms with Crippen molar-refractivity contribution in [1.29, 1.82) is 0 Å². The predicted octanol–water partition coefficient (Wildman–Crippen LogP) is 2.98. The van der Waals surface area contributed by atoms with Gasteiger partial charge in [-0.25, -0.2) is 0 Å². The minimum Gasteiger partial charge on any atom is -0.496 e. The number of nitrogens with zero attached hydrogens (tertiary/aromatic N) is 1. The zero-order valence-corrected chi connectivity index (χ0v) is 14.7.